The number of hydrogen-bond donors (Lipinski definition) is 2. The van der Waals surface area contributed by atoms with Crippen molar-refractivity contribution in [3.8, 4) is 5.75 Å². The number of thioether (sulfide) groups is 1. The predicted molar refractivity (Wildman–Crippen MR) is 77.5 cm³/mol. The second-order valence-corrected chi connectivity index (χ2v) is 5.81. The number of phenolic OH excluding ortho intramolecular Hbond substituents is 1. The van der Waals surface area contributed by atoms with Crippen LogP contribution in [-0.4, -0.2) is 67.6 Å². The molecule has 1 aliphatic rings. The van der Waals surface area contributed by atoms with E-state index in [0.29, 0.717) is 15.8 Å². The van der Waals surface area contributed by atoms with Gasteiger partial charge >= 0.3 is 5.97 Å². The van der Waals surface area contributed by atoms with Crippen LogP contribution >= 0.6 is 23.1 Å². The first-order valence-corrected chi connectivity index (χ1v) is 6.97. The van der Waals surface area contributed by atoms with Crippen LogP contribution in [-0.2, 0) is 4.79 Å². The number of phenols is 1. The third-order valence-electron chi connectivity index (χ3n) is 2.49. The van der Waals surface area contributed by atoms with Gasteiger partial charge in [0, 0.05) is 35.3 Å². The second kappa shape index (κ2) is 5.80. The van der Waals surface area contributed by atoms with Crippen molar-refractivity contribution >= 4 is 73.9 Å². The Morgan fingerprint density at radius 2 is 2.21 bits per heavy atom. The molecule has 0 unspecified atom stereocenters. The summed E-state index contributed by atoms with van der Waals surface area (Å²) in [5.74, 6) is -0.260. The van der Waals surface area contributed by atoms with E-state index in [0.717, 1.165) is 10.2 Å². The topological polar surface area (TPSA) is 82.8 Å². The molecule has 3 rings (SSSR count). The molecule has 1 atom stereocenters. The SMILES string of the molecule is O=C(O)[C@H]1CSC(c2nc3ccc(O)cc3s2)=N1.[Na]. The molecule has 19 heavy (non-hydrogen) atoms. The maximum absolute atomic E-state index is 10.8. The van der Waals surface area contributed by atoms with E-state index >= 15 is 0 Å². The number of rotatable bonds is 2. The molecule has 8 heteroatoms. The molecule has 1 radical (unpaired) electrons. The van der Waals surface area contributed by atoms with Crippen LogP contribution in [0.15, 0.2) is 23.2 Å². The van der Waals surface area contributed by atoms with Crippen LogP contribution in [0.4, 0.5) is 0 Å². The molecule has 1 aliphatic heterocycles. The molecule has 1 aromatic heterocycles. The fourth-order valence-corrected chi connectivity index (χ4v) is 3.72. The molecule has 0 saturated heterocycles. The van der Waals surface area contributed by atoms with Crippen LogP contribution in [0.5, 0.6) is 5.75 Å². The van der Waals surface area contributed by atoms with Crippen LogP contribution in [0.1, 0.15) is 5.01 Å². The summed E-state index contributed by atoms with van der Waals surface area (Å²) < 4.78 is 0.868. The van der Waals surface area contributed by atoms with Gasteiger partial charge in [-0.25, -0.2) is 9.78 Å². The molecule has 2 aromatic rings. The van der Waals surface area contributed by atoms with Crippen LogP contribution < -0.4 is 0 Å². The molecule has 0 bridgehead atoms. The monoisotopic (exact) mass is 303 g/mol. The number of aromatic nitrogens is 1. The Kier molecular flexibility index (Phi) is 4.52. The number of carboxylic acids is 1. The smallest absolute Gasteiger partial charge is 0.329 e. The minimum atomic E-state index is -0.906. The molecule has 0 amide bonds. The van der Waals surface area contributed by atoms with Crippen LogP contribution in [0.25, 0.3) is 10.2 Å². The van der Waals surface area contributed by atoms with Gasteiger partial charge < -0.3 is 10.2 Å². The maximum atomic E-state index is 10.8. The molecule has 2 heterocycles. The van der Waals surface area contributed by atoms with Gasteiger partial charge in [-0.1, -0.05) is 0 Å². The zero-order chi connectivity index (χ0) is 12.7. The van der Waals surface area contributed by atoms with Crippen molar-refractivity contribution in [1.29, 1.82) is 0 Å². The number of carboxylic acid groups (broad SMARTS) is 1. The summed E-state index contributed by atoms with van der Waals surface area (Å²) in [4.78, 5) is 19.4. The second-order valence-electron chi connectivity index (χ2n) is 3.77. The third kappa shape index (κ3) is 2.95. The number of thiazole rings is 1. The van der Waals surface area contributed by atoms with Gasteiger partial charge in [-0.2, -0.15) is 0 Å². The van der Waals surface area contributed by atoms with E-state index in [4.69, 9.17) is 5.11 Å². The van der Waals surface area contributed by atoms with Crippen LogP contribution in [0.2, 0.25) is 0 Å². The molecule has 0 fully saturated rings. The van der Waals surface area contributed by atoms with Gasteiger partial charge in [-0.15, -0.1) is 23.1 Å². The standard InChI is InChI=1S/C11H8N2O3S2.Na/c14-5-1-2-6-8(3-5)18-10(12-6)9-13-7(4-17-9)11(15)16;/h1-3,7,14H,4H2,(H,15,16);/t7-;/m1./s1. The molecule has 0 spiro atoms. The summed E-state index contributed by atoms with van der Waals surface area (Å²) in [7, 11) is 0. The minimum absolute atomic E-state index is 0. The largest absolute Gasteiger partial charge is 0.508 e. The first-order valence-electron chi connectivity index (χ1n) is 5.17. The summed E-state index contributed by atoms with van der Waals surface area (Å²) in [6.07, 6.45) is 0. The average Bonchev–Trinajstić information content (AvgIpc) is 2.93. The number of aliphatic imine (C=N–C) groups is 1. The number of aliphatic carboxylic acids is 1. The van der Waals surface area contributed by atoms with E-state index in [2.05, 4.69) is 9.98 Å². The van der Waals surface area contributed by atoms with E-state index in [1.807, 2.05) is 0 Å². The quantitative estimate of drug-likeness (QED) is 0.823. The fourth-order valence-electron chi connectivity index (χ4n) is 1.62. The van der Waals surface area contributed by atoms with E-state index in [1.54, 1.807) is 18.2 Å². The summed E-state index contributed by atoms with van der Waals surface area (Å²) >= 11 is 2.81. The Hall–Kier alpha value is -0.600. The number of nitrogens with zero attached hydrogens (tertiary/aromatic N) is 2. The predicted octanol–water partition coefficient (Wildman–Crippen LogP) is 1.57. The molecular weight excluding hydrogens is 295 g/mol. The van der Waals surface area contributed by atoms with E-state index in [-0.39, 0.29) is 35.3 Å². The Balaban J connectivity index is 0.00000133. The van der Waals surface area contributed by atoms with Gasteiger partial charge in [0.1, 0.15) is 15.8 Å². The van der Waals surface area contributed by atoms with Crippen molar-refractivity contribution in [2.75, 3.05) is 5.75 Å². The van der Waals surface area contributed by atoms with E-state index in [9.17, 15) is 9.90 Å². The first-order chi connectivity index (χ1) is 8.63. The molecule has 1 aromatic carbocycles. The first kappa shape index (κ1) is 14.8. The molecule has 5 nitrogen and oxygen atoms in total. The molecule has 2 N–H and O–H groups in total. The van der Waals surface area contributed by atoms with Gasteiger partial charge in [0.25, 0.3) is 0 Å². The minimum Gasteiger partial charge on any atom is -0.508 e. The normalized spacial score (nSPS) is 18.1. The fraction of sp³-hybridized carbons (Fsp3) is 0.182. The summed E-state index contributed by atoms with van der Waals surface area (Å²) in [6, 6.07) is 4.28. The molecule has 93 valence electrons. The van der Waals surface area contributed by atoms with E-state index < -0.39 is 12.0 Å². The van der Waals surface area contributed by atoms with Crippen molar-refractivity contribution in [1.82, 2.24) is 4.98 Å². The van der Waals surface area contributed by atoms with Crippen molar-refractivity contribution < 1.29 is 15.0 Å². The van der Waals surface area contributed by atoms with E-state index in [1.165, 1.54) is 23.1 Å². The van der Waals surface area contributed by atoms with Crippen molar-refractivity contribution in [2.24, 2.45) is 4.99 Å². The Labute approximate surface area is 139 Å². The summed E-state index contributed by atoms with van der Waals surface area (Å²) in [5.41, 5.74) is 0.787. The van der Waals surface area contributed by atoms with Gasteiger partial charge in [0.2, 0.25) is 0 Å². The van der Waals surface area contributed by atoms with Crippen molar-refractivity contribution in [3.63, 3.8) is 0 Å². The maximum Gasteiger partial charge on any atom is 0.329 e. The molecular formula is C11H8N2NaO3S2. The van der Waals surface area contributed by atoms with Crippen LogP contribution in [0, 0.1) is 0 Å². The molecule has 0 aliphatic carbocycles. The van der Waals surface area contributed by atoms with Gasteiger partial charge in [0.05, 0.1) is 10.2 Å². The number of aromatic hydroxyl groups is 1. The Morgan fingerprint density at radius 3 is 2.89 bits per heavy atom. The Morgan fingerprint density at radius 1 is 1.42 bits per heavy atom. The van der Waals surface area contributed by atoms with Crippen LogP contribution in [0.3, 0.4) is 0 Å². The zero-order valence-corrected chi connectivity index (χ0v) is 13.7. The average molecular weight is 303 g/mol. The summed E-state index contributed by atoms with van der Waals surface area (Å²) in [6.45, 7) is 0. The van der Waals surface area contributed by atoms with Gasteiger partial charge in [0.15, 0.2) is 6.04 Å². The number of fused-ring (bicyclic) bond motifs is 1. The number of hydrogen-bond acceptors (Lipinski definition) is 6. The third-order valence-corrected chi connectivity index (χ3v) is 4.70. The summed E-state index contributed by atoms with van der Waals surface area (Å²) in [5, 5.41) is 19.7. The number of carbonyl (C=O) groups is 1. The van der Waals surface area contributed by atoms with Gasteiger partial charge in [-0.05, 0) is 18.2 Å². The molecule has 0 saturated carbocycles. The number of benzene rings is 1. The zero-order valence-electron chi connectivity index (χ0n) is 10.0. The van der Waals surface area contributed by atoms with Crippen molar-refractivity contribution in [3.05, 3.63) is 23.2 Å². The van der Waals surface area contributed by atoms with Gasteiger partial charge in [-0.3, -0.25) is 4.99 Å². The van der Waals surface area contributed by atoms with Crippen molar-refractivity contribution in [2.45, 2.75) is 6.04 Å². The Bertz CT molecular complexity index is 671.